The highest BCUT2D eigenvalue weighted by Crippen LogP contribution is 2.50. The fraction of sp³-hybridized carbons (Fsp3) is 0.525. The minimum Gasteiger partial charge on any atom is -0.496 e. The molecule has 6 aromatic rings. The fourth-order valence-electron chi connectivity index (χ4n) is 12.9. The summed E-state index contributed by atoms with van der Waals surface area (Å²) in [5.74, 6) is 3.31. The normalized spacial score (nSPS) is 15.7. The van der Waals surface area contributed by atoms with Crippen LogP contribution in [0.15, 0.2) is 97.1 Å². The summed E-state index contributed by atoms with van der Waals surface area (Å²) >= 11 is 0. The van der Waals surface area contributed by atoms with E-state index in [2.05, 4.69) is 250 Å². The lowest BCUT2D eigenvalue weighted by molar-refractivity contribution is 0.0864. The first-order chi connectivity index (χ1) is 41.4. The smallest absolute Gasteiger partial charge is 0.252 e. The summed E-state index contributed by atoms with van der Waals surface area (Å²) in [7, 11) is 4.32. The molecule has 0 radical (unpaired) electrons. The zero-order valence-electron chi connectivity index (χ0n) is 60.6. The molecule has 1 saturated carbocycles. The average Bonchev–Trinajstić information content (AvgIpc) is 0.754. The van der Waals surface area contributed by atoms with Crippen molar-refractivity contribution >= 4 is 59.5 Å². The summed E-state index contributed by atoms with van der Waals surface area (Å²) in [6, 6.07) is 34.6. The van der Waals surface area contributed by atoms with Gasteiger partial charge in [-0.05, 0) is 164 Å². The van der Waals surface area contributed by atoms with Crippen LogP contribution < -0.4 is 61.4 Å². The van der Waals surface area contributed by atoms with Gasteiger partial charge in [0.25, 0.3) is 11.8 Å². The van der Waals surface area contributed by atoms with Crippen LogP contribution in [-0.2, 0) is 43.3 Å². The number of benzene rings is 6. The Hall–Kier alpha value is -5.68. The monoisotopic (exact) mass is 1260 g/mol. The highest BCUT2D eigenvalue weighted by atomic mass is 31.1. The van der Waals surface area contributed by atoms with E-state index in [-0.39, 0.29) is 67.2 Å². The van der Waals surface area contributed by atoms with Crippen molar-refractivity contribution in [3.63, 3.8) is 0 Å². The number of rotatable bonds is 14. The highest BCUT2D eigenvalue weighted by Gasteiger charge is 2.39. The number of hydrogen-bond donors (Lipinski definition) is 2. The van der Waals surface area contributed by atoms with Crippen LogP contribution in [0.1, 0.15) is 257 Å². The molecular weight excluding hydrogens is 1150 g/mol. The molecule has 6 aromatic carbocycles. The number of amides is 2. The molecule has 0 aromatic heterocycles. The molecule has 90 heavy (non-hydrogen) atoms. The molecule has 0 unspecified atom stereocenters. The van der Waals surface area contributed by atoms with E-state index in [0.717, 1.165) is 125 Å². The second-order valence-corrected chi connectivity index (χ2v) is 37.8. The van der Waals surface area contributed by atoms with E-state index in [1.165, 1.54) is 0 Å². The number of ether oxygens (including phenoxy) is 4. The summed E-state index contributed by atoms with van der Waals surface area (Å²) in [6.45, 7) is 54.1. The lowest BCUT2D eigenvalue weighted by atomic mass is 9.79. The number of carbonyl (C=O) groups is 2. The maximum atomic E-state index is 15.8. The van der Waals surface area contributed by atoms with Crippen LogP contribution in [-0.4, -0.2) is 52.3 Å². The minimum absolute atomic E-state index is 0.151. The third kappa shape index (κ3) is 15.5. The largest absolute Gasteiger partial charge is 0.496 e. The highest BCUT2D eigenvalue weighted by molar-refractivity contribution is 7.80. The molecule has 488 valence electrons. The second kappa shape index (κ2) is 26.4. The Morgan fingerprint density at radius 2 is 0.522 bits per heavy atom. The van der Waals surface area contributed by atoms with Crippen molar-refractivity contribution in [2.24, 2.45) is 0 Å². The van der Waals surface area contributed by atoms with Crippen molar-refractivity contribution < 1.29 is 28.5 Å². The second-order valence-electron chi connectivity index (χ2n) is 33.4. The van der Waals surface area contributed by atoms with Gasteiger partial charge in [0, 0.05) is 67.7 Å². The van der Waals surface area contributed by atoms with Gasteiger partial charge >= 0.3 is 0 Å². The molecular formula is C80H112N2O6P2. The van der Waals surface area contributed by atoms with Gasteiger partial charge in [-0.1, -0.05) is 215 Å². The van der Waals surface area contributed by atoms with Crippen molar-refractivity contribution in [3.8, 4) is 23.0 Å². The minimum atomic E-state index is -1.41. The SMILES string of the molecule is COc1c(C(C)(C)C)cc(P(c2cc(C(C)(C)C)c(OC)c(C(C)(C)C)c2)c2ccccc2C(=O)N[C@H]2CCCC[C@@H]2NC(=O)c2ccccc2P(c2cc(C(C)(C)C)c(OC)c(C(C)(C)C)c2)c2cc(C(C)(C)C)c(OC)c(C(C)(C)C)c2)cc1C(C)(C)C. The summed E-state index contributed by atoms with van der Waals surface area (Å²) in [4.78, 5) is 31.6. The molecule has 1 aliphatic carbocycles. The maximum absolute atomic E-state index is 15.8. The van der Waals surface area contributed by atoms with Crippen molar-refractivity contribution in [3.05, 3.63) is 153 Å². The topological polar surface area (TPSA) is 95.1 Å². The van der Waals surface area contributed by atoms with Gasteiger partial charge in [0.05, 0.1) is 28.4 Å². The lowest BCUT2D eigenvalue weighted by Crippen LogP contribution is -2.54. The van der Waals surface area contributed by atoms with Crippen molar-refractivity contribution in [2.75, 3.05) is 28.4 Å². The molecule has 1 aliphatic rings. The summed E-state index contributed by atoms with van der Waals surface area (Å²) < 4.78 is 25.5. The first kappa shape index (κ1) is 71.8. The van der Waals surface area contributed by atoms with Gasteiger partial charge in [-0.25, -0.2) is 0 Å². The van der Waals surface area contributed by atoms with E-state index in [0.29, 0.717) is 11.1 Å². The average molecular weight is 1260 g/mol. The maximum Gasteiger partial charge on any atom is 0.252 e. The third-order valence-electron chi connectivity index (χ3n) is 17.8. The molecule has 0 saturated heterocycles. The molecule has 2 N–H and O–H groups in total. The van der Waals surface area contributed by atoms with Crippen molar-refractivity contribution in [1.82, 2.24) is 10.6 Å². The number of hydrogen-bond acceptors (Lipinski definition) is 6. The standard InChI is InChI=1S/C80H112N2O6P2/c1-73(2,3)55-41-49(42-56(67(55)85-25)74(4,5)6)89(50-43-57(75(7,8)9)68(86-26)58(44-50)76(10,11)12)65-39-33-29-35-53(65)71(83)81-63-37-31-32-38-64(63)82-72(84)54-36-30-34-40-66(54)90(51-45-59(77(13,14)15)69(87-27)60(46-51)78(16,17)18)52-47-61(79(19,20)21)70(88-28)62(48-52)80(22,23)24/h29-30,33-36,39-48,63-64H,31-32,37-38H2,1-28H3,(H,81,83)(H,82,84)/t63-,64-/m0/s1. The van der Waals surface area contributed by atoms with Gasteiger partial charge < -0.3 is 29.6 Å². The number of carbonyl (C=O) groups excluding carboxylic acids is 2. The van der Waals surface area contributed by atoms with Crippen molar-refractivity contribution in [2.45, 2.75) is 247 Å². The summed E-state index contributed by atoms with van der Waals surface area (Å²) in [5.41, 5.74) is 8.11. The van der Waals surface area contributed by atoms with E-state index in [9.17, 15) is 0 Å². The summed E-state index contributed by atoms with van der Waals surface area (Å²) in [5, 5.41) is 13.7. The van der Waals surface area contributed by atoms with E-state index >= 15 is 9.59 Å². The van der Waals surface area contributed by atoms with E-state index in [4.69, 9.17) is 18.9 Å². The Morgan fingerprint density at radius 1 is 0.333 bits per heavy atom. The zero-order chi connectivity index (χ0) is 67.4. The molecule has 7 rings (SSSR count). The van der Waals surface area contributed by atoms with Crippen LogP contribution in [0.3, 0.4) is 0 Å². The predicted octanol–water partition coefficient (Wildman–Crippen LogP) is 17.1. The van der Waals surface area contributed by atoms with E-state index in [1.54, 1.807) is 28.4 Å². The molecule has 1 fully saturated rings. The Kier molecular flexibility index (Phi) is 21.0. The third-order valence-corrected chi connectivity index (χ3v) is 22.6. The van der Waals surface area contributed by atoms with Crippen LogP contribution in [0, 0.1) is 0 Å². The number of nitrogens with one attached hydrogen (secondary N) is 2. The van der Waals surface area contributed by atoms with Crippen LogP contribution in [0.25, 0.3) is 0 Å². The summed E-state index contributed by atoms with van der Waals surface area (Å²) in [6.07, 6.45) is 3.30. The van der Waals surface area contributed by atoms with Crippen LogP contribution >= 0.6 is 15.8 Å². The zero-order valence-corrected chi connectivity index (χ0v) is 62.4. The molecule has 0 aliphatic heterocycles. The number of methoxy groups -OCH3 is 4. The van der Waals surface area contributed by atoms with Gasteiger partial charge in [0.1, 0.15) is 23.0 Å². The van der Waals surface area contributed by atoms with Gasteiger partial charge in [0.15, 0.2) is 0 Å². The van der Waals surface area contributed by atoms with Gasteiger partial charge in [-0.3, -0.25) is 9.59 Å². The first-order valence-electron chi connectivity index (χ1n) is 32.7. The molecule has 2 amide bonds. The Balaban J connectivity index is 1.41. The van der Waals surface area contributed by atoms with Gasteiger partial charge in [-0.15, -0.1) is 0 Å². The van der Waals surface area contributed by atoms with E-state index < -0.39 is 15.8 Å². The lowest BCUT2D eigenvalue weighted by Gasteiger charge is -2.35. The molecule has 0 heterocycles. The van der Waals surface area contributed by atoms with Gasteiger partial charge in [-0.2, -0.15) is 0 Å². The van der Waals surface area contributed by atoms with Gasteiger partial charge in [0.2, 0.25) is 0 Å². The molecule has 0 spiro atoms. The van der Waals surface area contributed by atoms with Crippen LogP contribution in [0.2, 0.25) is 0 Å². The van der Waals surface area contributed by atoms with E-state index in [1.807, 2.05) is 24.3 Å². The van der Waals surface area contributed by atoms with Crippen LogP contribution in [0.4, 0.5) is 0 Å². The first-order valence-corrected chi connectivity index (χ1v) is 35.4. The quantitative estimate of drug-likeness (QED) is 0.106. The fourth-order valence-corrected chi connectivity index (χ4v) is 17.9. The molecule has 2 atom stereocenters. The molecule has 8 nitrogen and oxygen atoms in total. The van der Waals surface area contributed by atoms with Crippen molar-refractivity contribution in [1.29, 1.82) is 0 Å². The molecule has 0 bridgehead atoms. The Bertz CT molecular complexity index is 3050. The Morgan fingerprint density at radius 3 is 0.700 bits per heavy atom. The predicted molar refractivity (Wildman–Crippen MR) is 387 cm³/mol. The molecule has 10 heteroatoms. The Labute approximate surface area is 547 Å². The van der Waals surface area contributed by atoms with Crippen LogP contribution in [0.5, 0.6) is 23.0 Å².